The van der Waals surface area contributed by atoms with E-state index in [1.165, 1.54) is 21.5 Å². The summed E-state index contributed by atoms with van der Waals surface area (Å²) in [6, 6.07) is 74.2. The van der Waals surface area contributed by atoms with Gasteiger partial charge >= 0.3 is 0 Å². The second-order valence-corrected chi connectivity index (χ2v) is 17.0. The van der Waals surface area contributed by atoms with Gasteiger partial charge in [-0.1, -0.05) is 176 Å². The van der Waals surface area contributed by atoms with Crippen LogP contribution in [-0.4, -0.2) is 15.0 Å². The minimum atomic E-state index is 0.652. The largest absolute Gasteiger partial charge is 0.455 e. The second kappa shape index (κ2) is 14.3. The Morgan fingerprint density at radius 2 is 0.909 bits per heavy atom. The summed E-state index contributed by atoms with van der Waals surface area (Å²) in [5.74, 6) is 0.652. The summed E-state index contributed by atoms with van der Waals surface area (Å²) < 4.78 is 13.6. The lowest BCUT2D eigenvalue weighted by Gasteiger charge is -2.14. The molecule has 0 saturated carbocycles. The number of hydrogen-bond donors (Lipinski definition) is 0. The van der Waals surface area contributed by atoms with E-state index in [0.717, 1.165) is 116 Å². The van der Waals surface area contributed by atoms with Crippen molar-refractivity contribution in [1.29, 1.82) is 0 Å². The van der Waals surface area contributed by atoms with Crippen molar-refractivity contribution in [2.45, 2.75) is 0 Å². The number of benzene rings is 10. The lowest BCUT2D eigenvalue weighted by atomic mass is 9.92. The zero-order valence-corrected chi connectivity index (χ0v) is 35.4. The molecule has 0 radical (unpaired) electrons. The van der Waals surface area contributed by atoms with Crippen molar-refractivity contribution in [2.24, 2.45) is 0 Å². The quantitative estimate of drug-likeness (QED) is 0.162. The summed E-state index contributed by atoms with van der Waals surface area (Å²) in [6.07, 6.45) is 0. The number of nitrogens with zero attached hydrogens (tertiary/aromatic N) is 3. The molecule has 0 N–H and O–H groups in total. The molecule has 14 aromatic rings. The molecule has 0 atom stereocenters. The Morgan fingerprint density at radius 1 is 0.303 bits per heavy atom. The van der Waals surface area contributed by atoms with E-state index in [2.05, 4.69) is 176 Å². The molecule has 0 bridgehead atoms. The van der Waals surface area contributed by atoms with E-state index in [1.54, 1.807) is 0 Å². The summed E-state index contributed by atoms with van der Waals surface area (Å²) in [5, 5.41) is 12.3. The van der Waals surface area contributed by atoms with E-state index in [-0.39, 0.29) is 0 Å². The molecule has 5 heteroatoms. The molecule has 0 fully saturated rings. The van der Waals surface area contributed by atoms with E-state index in [4.69, 9.17) is 23.8 Å². The highest BCUT2D eigenvalue weighted by Crippen LogP contribution is 2.45. The van der Waals surface area contributed by atoms with Crippen LogP contribution in [0.4, 0.5) is 0 Å². The van der Waals surface area contributed by atoms with E-state index in [9.17, 15) is 0 Å². The minimum absolute atomic E-state index is 0.652. The molecule has 0 aliphatic carbocycles. The summed E-state index contributed by atoms with van der Waals surface area (Å²) >= 11 is 0. The number of para-hydroxylation sites is 4. The highest BCUT2D eigenvalue weighted by molar-refractivity contribution is 6.27. The maximum atomic E-state index is 7.15. The number of hydrogen-bond acceptors (Lipinski definition) is 5. The van der Waals surface area contributed by atoms with E-state index in [0.29, 0.717) is 5.82 Å². The molecule has 4 heterocycles. The Morgan fingerprint density at radius 3 is 1.76 bits per heavy atom. The first kappa shape index (κ1) is 36.5. The van der Waals surface area contributed by atoms with Gasteiger partial charge in [-0.15, -0.1) is 0 Å². The molecular weight excluding hydrogens is 807 g/mol. The topological polar surface area (TPSA) is 65.0 Å². The van der Waals surface area contributed by atoms with Crippen molar-refractivity contribution in [2.75, 3.05) is 0 Å². The van der Waals surface area contributed by atoms with Crippen molar-refractivity contribution in [3.05, 3.63) is 212 Å². The normalized spacial score (nSPS) is 11.9. The molecule has 0 unspecified atom stereocenters. The molecule has 14 rings (SSSR count). The van der Waals surface area contributed by atoms with Gasteiger partial charge in [0.05, 0.1) is 22.6 Å². The number of fused-ring (bicyclic) bond motifs is 13. The molecule has 66 heavy (non-hydrogen) atoms. The number of rotatable bonds is 5. The molecular formula is C61H35N3O2. The number of furan rings is 2. The standard InChI is InChI=1S/C61H35N3O2/c1-2-14-38(15-3-1)61-63-53(35-54(64-61)49-25-13-23-45-44-20-9-11-27-55(44)65-59(45)49)37-30-28-36(29-31-37)41-22-12-24-46-47-32-33-50-56(60(47)66-58(41)46)48-21-8-10-26-52(48)62-57(50)51-34-39-16-4-5-17-40(39)42-18-6-7-19-43(42)51/h1-35H. The summed E-state index contributed by atoms with van der Waals surface area (Å²) in [4.78, 5) is 15.7. The van der Waals surface area contributed by atoms with Crippen molar-refractivity contribution in [3.8, 4) is 56.3 Å². The Balaban J connectivity index is 0.925. The SMILES string of the molecule is c1ccc(-c2nc(-c3ccc(-c4cccc5c4oc4c5ccc5c(-c6cc7ccccc7c7ccccc67)nc6ccccc6c54)cc3)cc(-c3cccc4c3oc3ccccc34)n2)cc1. The van der Waals surface area contributed by atoms with Crippen molar-refractivity contribution in [3.63, 3.8) is 0 Å². The van der Waals surface area contributed by atoms with Gasteiger partial charge in [-0.25, -0.2) is 15.0 Å². The third-order valence-corrected chi connectivity index (χ3v) is 13.3. The Bertz CT molecular complexity index is 4280. The van der Waals surface area contributed by atoms with Crippen LogP contribution in [0.5, 0.6) is 0 Å². The number of aromatic nitrogens is 3. The highest BCUT2D eigenvalue weighted by atomic mass is 16.3. The average Bonchev–Trinajstić information content (AvgIpc) is 3.97. The predicted molar refractivity (Wildman–Crippen MR) is 272 cm³/mol. The third-order valence-electron chi connectivity index (χ3n) is 13.3. The maximum Gasteiger partial charge on any atom is 0.160 e. The fraction of sp³-hybridized carbons (Fsp3) is 0. The molecule has 4 aromatic heterocycles. The Kier molecular flexibility index (Phi) is 7.91. The first-order chi connectivity index (χ1) is 32.7. The van der Waals surface area contributed by atoms with Gasteiger partial charge < -0.3 is 8.83 Å². The van der Waals surface area contributed by atoms with Crippen molar-refractivity contribution >= 4 is 87.1 Å². The monoisotopic (exact) mass is 841 g/mol. The first-order valence-corrected chi connectivity index (χ1v) is 22.3. The molecule has 306 valence electrons. The van der Waals surface area contributed by atoms with Crippen LogP contribution < -0.4 is 0 Å². The van der Waals surface area contributed by atoms with Gasteiger partial charge in [-0.05, 0) is 63.5 Å². The minimum Gasteiger partial charge on any atom is -0.455 e. The lowest BCUT2D eigenvalue weighted by molar-refractivity contribution is 0.670. The summed E-state index contributed by atoms with van der Waals surface area (Å²) in [5.41, 5.74) is 12.9. The molecule has 0 aliphatic heterocycles. The van der Waals surface area contributed by atoms with E-state index in [1.807, 2.05) is 36.4 Å². The summed E-state index contributed by atoms with van der Waals surface area (Å²) in [6.45, 7) is 0. The smallest absolute Gasteiger partial charge is 0.160 e. The van der Waals surface area contributed by atoms with Crippen LogP contribution >= 0.6 is 0 Å². The molecule has 10 aromatic carbocycles. The fourth-order valence-corrected chi connectivity index (χ4v) is 10.2. The van der Waals surface area contributed by atoms with Crippen LogP contribution in [0.25, 0.3) is 143 Å². The van der Waals surface area contributed by atoms with Crippen molar-refractivity contribution < 1.29 is 8.83 Å². The van der Waals surface area contributed by atoms with Gasteiger partial charge in [0.15, 0.2) is 5.82 Å². The van der Waals surface area contributed by atoms with Crippen LogP contribution in [0.3, 0.4) is 0 Å². The van der Waals surface area contributed by atoms with E-state index < -0.39 is 0 Å². The Labute approximate surface area is 377 Å². The van der Waals surface area contributed by atoms with Gasteiger partial charge in [0.2, 0.25) is 0 Å². The molecule has 0 spiro atoms. The lowest BCUT2D eigenvalue weighted by Crippen LogP contribution is -1.96. The van der Waals surface area contributed by atoms with Crippen molar-refractivity contribution in [1.82, 2.24) is 15.0 Å². The van der Waals surface area contributed by atoms with Gasteiger partial charge in [0.1, 0.15) is 22.3 Å². The van der Waals surface area contributed by atoms with Gasteiger partial charge in [-0.3, -0.25) is 0 Å². The zero-order chi connectivity index (χ0) is 43.3. The second-order valence-electron chi connectivity index (χ2n) is 17.0. The van der Waals surface area contributed by atoms with Crippen LogP contribution in [0.2, 0.25) is 0 Å². The first-order valence-electron chi connectivity index (χ1n) is 22.3. The highest BCUT2D eigenvalue weighted by Gasteiger charge is 2.22. The van der Waals surface area contributed by atoms with Crippen LogP contribution in [-0.2, 0) is 0 Å². The van der Waals surface area contributed by atoms with E-state index >= 15 is 0 Å². The predicted octanol–water partition coefficient (Wildman–Crippen LogP) is 16.6. The van der Waals surface area contributed by atoms with Crippen LogP contribution in [0, 0.1) is 0 Å². The van der Waals surface area contributed by atoms with Gasteiger partial charge in [0, 0.05) is 65.5 Å². The van der Waals surface area contributed by atoms with Crippen LogP contribution in [0.15, 0.2) is 221 Å². The van der Waals surface area contributed by atoms with Crippen LogP contribution in [0.1, 0.15) is 0 Å². The maximum absolute atomic E-state index is 7.15. The third kappa shape index (κ3) is 5.57. The fourth-order valence-electron chi connectivity index (χ4n) is 10.2. The average molecular weight is 842 g/mol. The molecule has 0 amide bonds. The van der Waals surface area contributed by atoms with Gasteiger partial charge in [0.25, 0.3) is 0 Å². The van der Waals surface area contributed by atoms with Gasteiger partial charge in [-0.2, -0.15) is 0 Å². The molecule has 0 saturated heterocycles. The molecule has 5 nitrogen and oxygen atoms in total. The Hall–Kier alpha value is -8.93. The molecule has 0 aliphatic rings. The number of pyridine rings is 1. The zero-order valence-electron chi connectivity index (χ0n) is 35.4. The summed E-state index contributed by atoms with van der Waals surface area (Å²) in [7, 11) is 0.